The predicted molar refractivity (Wildman–Crippen MR) is 45.1 cm³/mol. The van der Waals surface area contributed by atoms with Crippen molar-refractivity contribution in [2.24, 2.45) is 0 Å². The summed E-state index contributed by atoms with van der Waals surface area (Å²) in [6.07, 6.45) is 0. The number of nitrogens with one attached hydrogen (secondary N) is 1. The fourth-order valence-corrected chi connectivity index (χ4v) is 0.786. The number of hydrogen-bond acceptors (Lipinski definition) is 2. The molecule has 0 atom stereocenters. The van der Waals surface area contributed by atoms with Crippen molar-refractivity contribution in [1.82, 2.24) is 15.4 Å². The summed E-state index contributed by atoms with van der Waals surface area (Å²) in [5.74, 6) is 0. The van der Waals surface area contributed by atoms with E-state index in [4.69, 9.17) is 0 Å². The predicted octanol–water partition coefficient (Wildman–Crippen LogP) is 1.76. The Labute approximate surface area is 64.7 Å². The second-order valence-corrected chi connectivity index (χ2v) is 1.81. The van der Waals surface area contributed by atoms with Crippen LogP contribution in [-0.4, -0.2) is 15.4 Å². The van der Waals surface area contributed by atoms with Gasteiger partial charge in [-0.15, -0.1) is 13.2 Å². The van der Waals surface area contributed by atoms with E-state index >= 15 is 0 Å². The smallest absolute Gasteiger partial charge is 0.112 e. The van der Waals surface area contributed by atoms with Crippen LogP contribution in [0.15, 0.2) is 37.4 Å². The standard InChI is InChI=1S/C6H5N3.C2H4/c1-2-4-6-5(3-1)7-9-8-6;1-2/h1-4H,(H,7,8,9);1-2H2. The summed E-state index contributed by atoms with van der Waals surface area (Å²) in [7, 11) is 0. The molecule has 1 heterocycles. The van der Waals surface area contributed by atoms with Crippen LogP contribution in [0.2, 0.25) is 0 Å². The average Bonchev–Trinajstić information content (AvgIpc) is 2.55. The van der Waals surface area contributed by atoms with Crippen molar-refractivity contribution in [2.45, 2.75) is 0 Å². The van der Waals surface area contributed by atoms with Crippen LogP contribution < -0.4 is 0 Å². The van der Waals surface area contributed by atoms with E-state index < -0.39 is 0 Å². The van der Waals surface area contributed by atoms with E-state index in [1.807, 2.05) is 24.3 Å². The molecule has 0 amide bonds. The Morgan fingerprint density at radius 2 is 1.45 bits per heavy atom. The molecule has 56 valence electrons. The van der Waals surface area contributed by atoms with E-state index in [0.717, 1.165) is 11.0 Å². The Kier molecular flexibility index (Phi) is 2.38. The third-order valence-electron chi connectivity index (χ3n) is 1.22. The topological polar surface area (TPSA) is 41.6 Å². The minimum Gasteiger partial charge on any atom is -0.197 e. The highest BCUT2D eigenvalue weighted by atomic mass is 15.3. The molecule has 1 N–H and O–H groups in total. The van der Waals surface area contributed by atoms with Gasteiger partial charge in [0, 0.05) is 0 Å². The highest BCUT2D eigenvalue weighted by Gasteiger charge is 1.90. The zero-order chi connectivity index (χ0) is 8.10. The number of aromatic amines is 1. The number of hydrogen-bond donors (Lipinski definition) is 1. The van der Waals surface area contributed by atoms with Crippen molar-refractivity contribution in [3.63, 3.8) is 0 Å². The average molecular weight is 147 g/mol. The van der Waals surface area contributed by atoms with Crippen molar-refractivity contribution in [2.75, 3.05) is 0 Å². The summed E-state index contributed by atoms with van der Waals surface area (Å²) >= 11 is 0. The van der Waals surface area contributed by atoms with E-state index in [2.05, 4.69) is 28.6 Å². The highest BCUT2D eigenvalue weighted by molar-refractivity contribution is 5.72. The SMILES string of the molecule is C=C.c1ccc2n[nH]nc2c1. The van der Waals surface area contributed by atoms with Crippen LogP contribution in [0.25, 0.3) is 11.0 Å². The van der Waals surface area contributed by atoms with Crippen molar-refractivity contribution in [1.29, 1.82) is 0 Å². The second kappa shape index (κ2) is 3.51. The molecule has 0 bridgehead atoms. The van der Waals surface area contributed by atoms with Gasteiger partial charge in [0.2, 0.25) is 0 Å². The van der Waals surface area contributed by atoms with Crippen LogP contribution in [-0.2, 0) is 0 Å². The molecule has 3 heteroatoms. The number of nitrogens with zero attached hydrogens (tertiary/aromatic N) is 2. The van der Waals surface area contributed by atoms with Gasteiger partial charge in [-0.3, -0.25) is 0 Å². The number of rotatable bonds is 0. The zero-order valence-electron chi connectivity index (χ0n) is 6.12. The first-order chi connectivity index (χ1) is 5.47. The van der Waals surface area contributed by atoms with Crippen LogP contribution in [0.1, 0.15) is 0 Å². The quantitative estimate of drug-likeness (QED) is 0.577. The molecule has 0 fully saturated rings. The molecule has 0 radical (unpaired) electrons. The Hall–Kier alpha value is -1.64. The third kappa shape index (κ3) is 1.43. The molecular formula is C8H9N3. The van der Waals surface area contributed by atoms with Gasteiger partial charge in [-0.25, -0.2) is 0 Å². The fraction of sp³-hybridized carbons (Fsp3) is 0. The lowest BCUT2D eigenvalue weighted by atomic mass is 10.3. The van der Waals surface area contributed by atoms with Gasteiger partial charge in [-0.2, -0.15) is 15.4 Å². The Morgan fingerprint density at radius 1 is 1.00 bits per heavy atom. The van der Waals surface area contributed by atoms with Gasteiger partial charge in [0.25, 0.3) is 0 Å². The maximum atomic E-state index is 3.88. The molecule has 0 spiro atoms. The lowest BCUT2D eigenvalue weighted by Gasteiger charge is -1.78. The van der Waals surface area contributed by atoms with Crippen LogP contribution in [0, 0.1) is 0 Å². The highest BCUT2D eigenvalue weighted by Crippen LogP contribution is 2.03. The molecular weight excluding hydrogens is 138 g/mol. The van der Waals surface area contributed by atoms with Crippen molar-refractivity contribution in [3.05, 3.63) is 37.4 Å². The maximum absolute atomic E-state index is 3.88. The molecule has 0 aliphatic heterocycles. The monoisotopic (exact) mass is 147 g/mol. The van der Waals surface area contributed by atoms with Crippen LogP contribution >= 0.6 is 0 Å². The van der Waals surface area contributed by atoms with Gasteiger partial charge < -0.3 is 0 Å². The van der Waals surface area contributed by atoms with E-state index in [9.17, 15) is 0 Å². The summed E-state index contributed by atoms with van der Waals surface area (Å²) in [4.78, 5) is 0. The zero-order valence-corrected chi connectivity index (χ0v) is 6.12. The Balaban J connectivity index is 0.000000281. The molecule has 1 aromatic heterocycles. The lowest BCUT2D eigenvalue weighted by Crippen LogP contribution is -1.63. The van der Waals surface area contributed by atoms with E-state index in [0.29, 0.717) is 0 Å². The minimum atomic E-state index is 0.914. The van der Waals surface area contributed by atoms with Crippen molar-refractivity contribution in [3.8, 4) is 0 Å². The number of fused-ring (bicyclic) bond motifs is 1. The summed E-state index contributed by atoms with van der Waals surface area (Å²) in [6.45, 7) is 6.00. The first kappa shape index (κ1) is 7.47. The van der Waals surface area contributed by atoms with Gasteiger partial charge in [0.05, 0.1) is 0 Å². The molecule has 0 saturated carbocycles. The molecule has 11 heavy (non-hydrogen) atoms. The molecule has 0 aliphatic rings. The van der Waals surface area contributed by atoms with Crippen molar-refractivity contribution >= 4 is 11.0 Å². The normalized spacial score (nSPS) is 8.73. The van der Waals surface area contributed by atoms with E-state index in [-0.39, 0.29) is 0 Å². The van der Waals surface area contributed by atoms with Gasteiger partial charge in [0.15, 0.2) is 0 Å². The van der Waals surface area contributed by atoms with E-state index in [1.54, 1.807) is 0 Å². The van der Waals surface area contributed by atoms with Gasteiger partial charge >= 0.3 is 0 Å². The number of H-pyrrole nitrogens is 1. The molecule has 2 rings (SSSR count). The largest absolute Gasteiger partial charge is 0.197 e. The van der Waals surface area contributed by atoms with Crippen LogP contribution in [0.5, 0.6) is 0 Å². The van der Waals surface area contributed by atoms with Gasteiger partial charge in [-0.1, -0.05) is 12.1 Å². The molecule has 0 aliphatic carbocycles. The van der Waals surface area contributed by atoms with Gasteiger partial charge in [0.1, 0.15) is 11.0 Å². The first-order valence-corrected chi connectivity index (χ1v) is 3.22. The Morgan fingerprint density at radius 3 is 1.91 bits per heavy atom. The minimum absolute atomic E-state index is 0.914. The molecule has 1 aromatic carbocycles. The summed E-state index contributed by atoms with van der Waals surface area (Å²) in [5, 5.41) is 10.3. The summed E-state index contributed by atoms with van der Waals surface area (Å²) < 4.78 is 0. The first-order valence-electron chi connectivity index (χ1n) is 3.22. The summed E-state index contributed by atoms with van der Waals surface area (Å²) in [5.41, 5.74) is 1.83. The molecule has 0 unspecified atom stereocenters. The molecule has 3 nitrogen and oxygen atoms in total. The fourth-order valence-electron chi connectivity index (χ4n) is 0.786. The number of benzene rings is 1. The van der Waals surface area contributed by atoms with Crippen LogP contribution in [0.4, 0.5) is 0 Å². The number of aromatic nitrogens is 3. The maximum Gasteiger partial charge on any atom is 0.112 e. The molecule has 0 saturated heterocycles. The molecule has 2 aromatic rings. The van der Waals surface area contributed by atoms with Crippen molar-refractivity contribution < 1.29 is 0 Å². The lowest BCUT2D eigenvalue weighted by molar-refractivity contribution is 0.959. The third-order valence-corrected chi connectivity index (χ3v) is 1.22. The van der Waals surface area contributed by atoms with Crippen LogP contribution in [0.3, 0.4) is 0 Å². The van der Waals surface area contributed by atoms with Gasteiger partial charge in [-0.05, 0) is 12.1 Å². The van der Waals surface area contributed by atoms with E-state index in [1.165, 1.54) is 0 Å². The second-order valence-electron chi connectivity index (χ2n) is 1.81. The Bertz CT molecular complexity index is 296. The summed E-state index contributed by atoms with van der Waals surface area (Å²) in [6, 6.07) is 7.70. The number of para-hydroxylation sites is 2.